The van der Waals surface area contributed by atoms with Gasteiger partial charge in [0, 0.05) is 23.6 Å². The first-order chi connectivity index (χ1) is 6.96. The molecule has 3 nitrogen and oxygen atoms in total. The quantitative estimate of drug-likeness (QED) is 0.739. The van der Waals surface area contributed by atoms with Crippen molar-refractivity contribution in [2.24, 2.45) is 5.73 Å². The van der Waals surface area contributed by atoms with Crippen LogP contribution in [0.3, 0.4) is 0 Å². The van der Waals surface area contributed by atoms with Crippen LogP contribution >= 0.6 is 11.8 Å². The minimum atomic E-state index is -0.415. The summed E-state index contributed by atoms with van der Waals surface area (Å²) in [5.41, 5.74) is 5.78. The van der Waals surface area contributed by atoms with E-state index < -0.39 is 6.04 Å². The molecule has 0 bridgehead atoms. The van der Waals surface area contributed by atoms with Crippen molar-refractivity contribution in [1.29, 1.82) is 0 Å². The lowest BCUT2D eigenvalue weighted by atomic mass is 10.1. The first-order valence-electron chi connectivity index (χ1n) is 5.25. The van der Waals surface area contributed by atoms with Crippen LogP contribution in [-0.4, -0.2) is 40.4 Å². The average molecular weight is 228 g/mol. The van der Waals surface area contributed by atoms with Crippen LogP contribution in [-0.2, 0) is 4.79 Å². The zero-order valence-electron chi connectivity index (χ0n) is 9.53. The van der Waals surface area contributed by atoms with Crippen LogP contribution in [0.4, 0.5) is 0 Å². The Morgan fingerprint density at radius 3 is 2.93 bits per heavy atom. The number of rotatable bonds is 3. The molecule has 1 unspecified atom stereocenters. The summed E-state index contributed by atoms with van der Waals surface area (Å²) in [6, 6.07) is -0.415. The molecule has 2 N–H and O–H groups in total. The van der Waals surface area contributed by atoms with Gasteiger partial charge in [0.2, 0.25) is 5.91 Å². The molecule has 0 radical (unpaired) electrons. The third kappa shape index (κ3) is 3.54. The van der Waals surface area contributed by atoms with Gasteiger partial charge in [0.25, 0.3) is 0 Å². The minimum Gasteiger partial charge on any atom is -0.339 e. The van der Waals surface area contributed by atoms with E-state index in [1.165, 1.54) is 0 Å². The zero-order chi connectivity index (χ0) is 11.5. The van der Waals surface area contributed by atoms with Crippen LogP contribution in [0.15, 0.2) is 12.7 Å². The predicted octanol–water partition coefficient (Wildman–Crippen LogP) is 1.24. The number of thioether (sulfide) groups is 1. The summed E-state index contributed by atoms with van der Waals surface area (Å²) >= 11 is 1.91. The maximum absolute atomic E-state index is 11.9. The molecular weight excluding hydrogens is 208 g/mol. The highest BCUT2D eigenvalue weighted by molar-refractivity contribution is 8.00. The Hall–Kier alpha value is -0.480. The fraction of sp³-hybridized carbons (Fsp3) is 0.727. The molecule has 1 saturated heterocycles. The van der Waals surface area contributed by atoms with Crippen molar-refractivity contribution >= 4 is 17.7 Å². The number of nitrogens with two attached hydrogens (primary N) is 1. The highest BCUT2D eigenvalue weighted by atomic mass is 32.2. The molecule has 0 aliphatic carbocycles. The smallest absolute Gasteiger partial charge is 0.239 e. The highest BCUT2D eigenvalue weighted by Crippen LogP contribution is 2.29. The largest absolute Gasteiger partial charge is 0.339 e. The third-order valence-corrected chi connectivity index (χ3v) is 3.77. The molecule has 1 aliphatic rings. The van der Waals surface area contributed by atoms with E-state index in [1.54, 1.807) is 6.08 Å². The summed E-state index contributed by atoms with van der Waals surface area (Å²) in [6.07, 6.45) is 2.26. The molecule has 1 atom stereocenters. The fourth-order valence-electron chi connectivity index (χ4n) is 1.72. The normalized spacial score (nSPS) is 22.2. The number of amides is 1. The van der Waals surface area contributed by atoms with E-state index in [0.717, 1.165) is 18.8 Å². The van der Waals surface area contributed by atoms with Crippen molar-refractivity contribution in [2.75, 3.05) is 18.8 Å². The monoisotopic (exact) mass is 228 g/mol. The van der Waals surface area contributed by atoms with Crippen LogP contribution in [0.25, 0.3) is 0 Å². The van der Waals surface area contributed by atoms with Gasteiger partial charge in [0.1, 0.15) is 0 Å². The van der Waals surface area contributed by atoms with Crippen LogP contribution < -0.4 is 5.73 Å². The van der Waals surface area contributed by atoms with Crippen molar-refractivity contribution in [3.63, 3.8) is 0 Å². The SMILES string of the molecule is C=CCC(N)C(=O)N1CCSC(C)(C)C1. The summed E-state index contributed by atoms with van der Waals surface area (Å²) in [5, 5.41) is 0. The maximum atomic E-state index is 11.9. The van der Waals surface area contributed by atoms with Crippen molar-refractivity contribution in [2.45, 2.75) is 31.1 Å². The van der Waals surface area contributed by atoms with Crippen LogP contribution in [0.2, 0.25) is 0 Å². The van der Waals surface area contributed by atoms with E-state index in [-0.39, 0.29) is 10.7 Å². The molecule has 0 aromatic carbocycles. The van der Waals surface area contributed by atoms with Gasteiger partial charge >= 0.3 is 0 Å². The van der Waals surface area contributed by atoms with E-state index in [4.69, 9.17) is 5.73 Å². The molecule has 0 aromatic heterocycles. The van der Waals surface area contributed by atoms with Gasteiger partial charge in [-0.05, 0) is 20.3 Å². The van der Waals surface area contributed by atoms with Crippen molar-refractivity contribution < 1.29 is 4.79 Å². The fourth-order valence-corrected chi connectivity index (χ4v) is 2.83. The Labute approximate surface area is 96.1 Å². The number of carbonyl (C=O) groups excluding carboxylic acids is 1. The van der Waals surface area contributed by atoms with Crippen molar-refractivity contribution in [1.82, 2.24) is 4.90 Å². The molecule has 1 fully saturated rings. The number of hydrogen-bond acceptors (Lipinski definition) is 3. The second-order valence-corrected chi connectivity index (χ2v) is 6.30. The van der Waals surface area contributed by atoms with Gasteiger partial charge in [0.05, 0.1) is 6.04 Å². The second kappa shape index (κ2) is 5.03. The van der Waals surface area contributed by atoms with Gasteiger partial charge in [-0.2, -0.15) is 11.8 Å². The third-order valence-electron chi connectivity index (χ3n) is 2.48. The van der Waals surface area contributed by atoms with Gasteiger partial charge < -0.3 is 10.6 Å². The summed E-state index contributed by atoms with van der Waals surface area (Å²) in [6.45, 7) is 9.54. The molecule has 0 saturated carbocycles. The van der Waals surface area contributed by atoms with Crippen LogP contribution in [0.1, 0.15) is 20.3 Å². The number of carbonyl (C=O) groups is 1. The highest BCUT2D eigenvalue weighted by Gasteiger charge is 2.31. The van der Waals surface area contributed by atoms with E-state index in [2.05, 4.69) is 20.4 Å². The Kier molecular flexibility index (Phi) is 4.22. The topological polar surface area (TPSA) is 46.3 Å². The molecular formula is C11H20N2OS. The summed E-state index contributed by atoms with van der Waals surface area (Å²) in [4.78, 5) is 13.8. The average Bonchev–Trinajstić information content (AvgIpc) is 2.15. The Morgan fingerprint density at radius 1 is 1.73 bits per heavy atom. The maximum Gasteiger partial charge on any atom is 0.239 e. The molecule has 4 heteroatoms. The standard InChI is InChI=1S/C11H20N2OS/c1-4-5-9(12)10(14)13-6-7-15-11(2,3)8-13/h4,9H,1,5-8,12H2,2-3H3. The second-order valence-electron chi connectivity index (χ2n) is 4.50. The lowest BCUT2D eigenvalue weighted by Gasteiger charge is -2.38. The van der Waals surface area contributed by atoms with Crippen LogP contribution in [0.5, 0.6) is 0 Å². The summed E-state index contributed by atoms with van der Waals surface area (Å²) in [5.74, 6) is 1.06. The molecule has 1 rings (SSSR count). The summed E-state index contributed by atoms with van der Waals surface area (Å²) < 4.78 is 0.155. The predicted molar refractivity (Wildman–Crippen MR) is 65.9 cm³/mol. The Bertz CT molecular complexity index is 253. The molecule has 0 spiro atoms. The molecule has 1 heterocycles. The molecule has 86 valence electrons. The van der Waals surface area contributed by atoms with Gasteiger partial charge in [-0.15, -0.1) is 6.58 Å². The first-order valence-corrected chi connectivity index (χ1v) is 6.24. The van der Waals surface area contributed by atoms with Crippen molar-refractivity contribution in [3.8, 4) is 0 Å². The molecule has 1 amide bonds. The number of hydrogen-bond donors (Lipinski definition) is 1. The Morgan fingerprint density at radius 2 is 2.40 bits per heavy atom. The van der Waals surface area contributed by atoms with Gasteiger partial charge in [-0.25, -0.2) is 0 Å². The lowest BCUT2D eigenvalue weighted by molar-refractivity contribution is -0.132. The molecule has 0 aromatic rings. The van der Waals surface area contributed by atoms with E-state index in [1.807, 2.05) is 16.7 Å². The van der Waals surface area contributed by atoms with E-state index in [0.29, 0.717) is 6.42 Å². The van der Waals surface area contributed by atoms with E-state index in [9.17, 15) is 4.79 Å². The lowest BCUT2D eigenvalue weighted by Crippen LogP contribution is -2.51. The van der Waals surface area contributed by atoms with Crippen LogP contribution in [0, 0.1) is 0 Å². The van der Waals surface area contributed by atoms with Crippen molar-refractivity contribution in [3.05, 3.63) is 12.7 Å². The van der Waals surface area contributed by atoms with Gasteiger partial charge in [-0.1, -0.05) is 6.08 Å². The minimum absolute atomic E-state index is 0.0586. The van der Waals surface area contributed by atoms with Gasteiger partial charge in [-0.3, -0.25) is 4.79 Å². The first kappa shape index (κ1) is 12.6. The van der Waals surface area contributed by atoms with Gasteiger partial charge in [0.15, 0.2) is 0 Å². The molecule has 1 aliphatic heterocycles. The number of nitrogens with zero attached hydrogens (tertiary/aromatic N) is 1. The van der Waals surface area contributed by atoms with E-state index >= 15 is 0 Å². The zero-order valence-corrected chi connectivity index (χ0v) is 10.3. The molecule has 15 heavy (non-hydrogen) atoms. The Balaban J connectivity index is 2.56. The summed E-state index contributed by atoms with van der Waals surface area (Å²) in [7, 11) is 0.